The minimum absolute atomic E-state index is 0. The molecule has 12 aromatic rings. The lowest BCUT2D eigenvalue weighted by molar-refractivity contribution is 0.995. The van der Waals surface area contributed by atoms with Gasteiger partial charge in [-0.25, -0.2) is 0 Å². The smallest absolute Gasteiger partial charge is 0.0521 e. The quantitative estimate of drug-likeness (QED) is 0.157. The van der Waals surface area contributed by atoms with Crippen LogP contribution in [0.5, 0.6) is 0 Å². The number of hydrogen-bond donors (Lipinski definition) is 0. The van der Waals surface area contributed by atoms with Crippen LogP contribution in [0.15, 0.2) is 170 Å². The lowest BCUT2D eigenvalue weighted by Gasteiger charge is -2.03. The van der Waals surface area contributed by atoms with Crippen molar-refractivity contribution in [3.63, 3.8) is 0 Å². The summed E-state index contributed by atoms with van der Waals surface area (Å²) in [6, 6.07) is 60.9. The summed E-state index contributed by atoms with van der Waals surface area (Å²) < 4.78 is 9.24. The summed E-state index contributed by atoms with van der Waals surface area (Å²) in [5, 5.41) is 10.9. The van der Waals surface area contributed by atoms with E-state index in [1.165, 1.54) is 109 Å². The first-order valence-corrected chi connectivity index (χ1v) is 39.1. The predicted octanol–water partition coefficient (Wildman–Crippen LogP) is 31.9. The van der Waals surface area contributed by atoms with Gasteiger partial charge in [0.25, 0.3) is 0 Å². The molecule has 0 amide bonds. The maximum atomic E-state index is 2.31. The van der Waals surface area contributed by atoms with Crippen molar-refractivity contribution in [3.8, 4) is 0 Å². The van der Waals surface area contributed by atoms with Crippen molar-refractivity contribution in [2.75, 3.05) is 0 Å². The standard InChI is InChI=1S/4C15H15N.16C2H6.CH4.2B/c4*1-3-11-7-6-9-13-12-8-4-5-10-14(12)16(2)15(11)13;16*1-2;;;/h4*4-10H,3H2,1-2H3;16*1-2H3;1H4;;. The lowest BCUT2D eigenvalue weighted by atomic mass is 10.1. The Labute approximate surface area is 621 Å². The first-order chi connectivity index (χ1) is 47.3. The minimum atomic E-state index is 0. The van der Waals surface area contributed by atoms with Gasteiger partial charge in [-0.3, -0.25) is 0 Å². The molecule has 0 atom stereocenters. The van der Waals surface area contributed by atoms with E-state index in [4.69, 9.17) is 0 Å². The van der Waals surface area contributed by atoms with Gasteiger partial charge in [0.1, 0.15) is 0 Å². The van der Waals surface area contributed by atoms with Crippen LogP contribution in [0.4, 0.5) is 0 Å². The average Bonchev–Trinajstić information content (AvgIpc) is 1.66. The normalized spacial score (nSPS) is 8.32. The van der Waals surface area contributed by atoms with Crippen LogP contribution in [0.1, 0.15) is 279 Å². The number of rotatable bonds is 4. The Balaban J connectivity index is -0.000000101. The summed E-state index contributed by atoms with van der Waals surface area (Å²) in [4.78, 5) is 0. The summed E-state index contributed by atoms with van der Waals surface area (Å²) >= 11 is 0. The van der Waals surface area contributed by atoms with Crippen LogP contribution in [-0.2, 0) is 53.9 Å². The Morgan fingerprint density at radius 1 is 0.182 bits per heavy atom. The lowest BCUT2D eigenvalue weighted by Crippen LogP contribution is -1.91. The molecule has 0 N–H and O–H groups in total. The molecule has 0 saturated heterocycles. The monoisotopic (exact) mass is 1360 g/mol. The van der Waals surface area contributed by atoms with Gasteiger partial charge >= 0.3 is 0 Å². The van der Waals surface area contributed by atoms with Crippen LogP contribution in [0.2, 0.25) is 0 Å². The van der Waals surface area contributed by atoms with Gasteiger partial charge in [0.05, 0.1) is 22.1 Å². The third kappa shape index (κ3) is 32.5. The highest BCUT2D eigenvalue weighted by molar-refractivity contribution is 6.11. The number of aromatic nitrogens is 4. The second kappa shape index (κ2) is 78.4. The number of aryl methyl sites for hydroxylation is 8. The zero-order chi connectivity index (χ0) is 76.5. The van der Waals surface area contributed by atoms with Crippen LogP contribution in [0.25, 0.3) is 87.2 Å². The van der Waals surface area contributed by atoms with Crippen molar-refractivity contribution in [3.05, 3.63) is 192 Å². The largest absolute Gasteiger partial charge is 0.343 e. The molecule has 8 aromatic carbocycles. The van der Waals surface area contributed by atoms with E-state index >= 15 is 0 Å². The fourth-order valence-electron chi connectivity index (χ4n) is 10.4. The van der Waals surface area contributed by atoms with E-state index in [1.807, 2.05) is 222 Å². The minimum Gasteiger partial charge on any atom is -0.343 e. The van der Waals surface area contributed by atoms with Crippen LogP contribution in [0.3, 0.4) is 0 Å². The molecule has 0 spiro atoms. The highest BCUT2D eigenvalue weighted by atomic mass is 15.0. The number of hydrogen-bond acceptors (Lipinski definition) is 0. The van der Waals surface area contributed by atoms with E-state index in [9.17, 15) is 0 Å². The summed E-state index contributed by atoms with van der Waals surface area (Å²) in [7, 11) is 8.63. The van der Waals surface area contributed by atoms with Gasteiger partial charge in [-0.2, -0.15) is 0 Å². The summed E-state index contributed by atoms with van der Waals surface area (Å²) in [5.74, 6) is 0. The van der Waals surface area contributed by atoms with Crippen LogP contribution in [0, 0.1) is 0 Å². The third-order valence-electron chi connectivity index (χ3n) is 13.6. The maximum absolute atomic E-state index is 2.31. The Bertz CT molecular complexity index is 3140. The van der Waals surface area contributed by atoms with Crippen molar-refractivity contribution >= 4 is 104 Å². The molecule has 0 unspecified atom stereocenters. The van der Waals surface area contributed by atoms with Crippen molar-refractivity contribution < 1.29 is 0 Å². The highest BCUT2D eigenvalue weighted by Crippen LogP contribution is 2.34. The number of fused-ring (bicyclic) bond motifs is 12. The third-order valence-corrected chi connectivity index (χ3v) is 13.6. The topological polar surface area (TPSA) is 19.7 Å². The highest BCUT2D eigenvalue weighted by Gasteiger charge is 2.13. The number of benzene rings is 8. The number of para-hydroxylation sites is 8. The molecular formula is C93H160B2N4. The number of nitrogens with zero attached hydrogens (tertiary/aromatic N) is 4. The van der Waals surface area contributed by atoms with Gasteiger partial charge < -0.3 is 18.3 Å². The molecule has 0 saturated carbocycles. The van der Waals surface area contributed by atoms with Gasteiger partial charge in [-0.05, 0) is 72.2 Å². The molecule has 4 nitrogen and oxygen atoms in total. The van der Waals surface area contributed by atoms with Crippen LogP contribution < -0.4 is 0 Å². The first kappa shape index (κ1) is 116. The molecule has 6 radical (unpaired) electrons. The molecule has 0 aliphatic heterocycles. The summed E-state index contributed by atoms with van der Waals surface area (Å²) in [6.45, 7) is 72.9. The summed E-state index contributed by atoms with van der Waals surface area (Å²) in [6.07, 6.45) is 4.34. The van der Waals surface area contributed by atoms with Gasteiger partial charge in [-0.1, -0.05) is 402 Å². The molecule has 0 aliphatic carbocycles. The first-order valence-electron chi connectivity index (χ1n) is 39.1. The van der Waals surface area contributed by atoms with Gasteiger partial charge in [0.2, 0.25) is 0 Å². The Kier molecular flexibility index (Phi) is 92.1. The zero-order valence-corrected chi connectivity index (χ0v) is 71.9. The second-order valence-corrected chi connectivity index (χ2v) is 17.0. The van der Waals surface area contributed by atoms with E-state index < -0.39 is 0 Å². The van der Waals surface area contributed by atoms with Crippen LogP contribution in [-0.4, -0.2) is 35.1 Å². The Morgan fingerprint density at radius 3 is 0.434 bits per heavy atom. The van der Waals surface area contributed by atoms with Crippen molar-refractivity contribution in [1.29, 1.82) is 0 Å². The van der Waals surface area contributed by atoms with E-state index in [2.05, 4.69) is 244 Å². The molecule has 12 rings (SSSR count). The van der Waals surface area contributed by atoms with E-state index in [0.717, 1.165) is 25.7 Å². The van der Waals surface area contributed by atoms with E-state index in [-0.39, 0.29) is 24.3 Å². The van der Waals surface area contributed by atoms with Gasteiger partial charge in [-0.15, -0.1) is 0 Å². The molecule has 99 heavy (non-hydrogen) atoms. The zero-order valence-electron chi connectivity index (χ0n) is 71.9. The van der Waals surface area contributed by atoms with E-state index in [1.54, 1.807) is 0 Å². The molecule has 6 heteroatoms. The molecular weight excluding hydrogens is 1190 g/mol. The van der Waals surface area contributed by atoms with Gasteiger partial charge in [0.15, 0.2) is 0 Å². The van der Waals surface area contributed by atoms with Gasteiger partial charge in [0, 0.05) is 110 Å². The SMILES string of the molecule is C.CC.CC.CC.CC.CC.CC.CC.CC.CC.CC.CC.CC.CC.CC.CC.CC.CCc1cccc2c3ccccc3n(C)c12.CCc1cccc2c3ccccc3n(C)c12.CCc1cccc2c3ccccc3n(C)c12.CCc1cccc2c3ccccc3n(C)c12.[B].[B]. The molecule has 4 aromatic heterocycles. The second-order valence-electron chi connectivity index (χ2n) is 17.0. The van der Waals surface area contributed by atoms with E-state index in [0.29, 0.717) is 0 Å². The maximum Gasteiger partial charge on any atom is 0.0521 e. The molecule has 4 heterocycles. The molecule has 0 bridgehead atoms. The van der Waals surface area contributed by atoms with Crippen molar-refractivity contribution in [1.82, 2.24) is 18.3 Å². The van der Waals surface area contributed by atoms with Crippen molar-refractivity contribution in [2.45, 2.75) is 282 Å². The molecule has 558 valence electrons. The molecule has 0 aliphatic rings. The fraction of sp³-hybridized carbons (Fsp3) is 0.484. The molecule has 0 fully saturated rings. The fourth-order valence-corrected chi connectivity index (χ4v) is 10.4. The Hall–Kier alpha value is -6.91. The predicted molar refractivity (Wildman–Crippen MR) is 479 cm³/mol. The van der Waals surface area contributed by atoms with Crippen LogP contribution >= 0.6 is 0 Å². The summed E-state index contributed by atoms with van der Waals surface area (Å²) in [5.41, 5.74) is 16.5. The average molecular weight is 1360 g/mol. The van der Waals surface area contributed by atoms with Crippen molar-refractivity contribution in [2.24, 2.45) is 28.2 Å². The Morgan fingerprint density at radius 2 is 0.303 bits per heavy atom.